The van der Waals surface area contributed by atoms with Crippen LogP contribution in [0.4, 0.5) is 5.69 Å². The van der Waals surface area contributed by atoms with Crippen LogP contribution in [0.5, 0.6) is 0 Å². The lowest BCUT2D eigenvalue weighted by Gasteiger charge is -2.33. The van der Waals surface area contributed by atoms with Gasteiger partial charge in [0, 0.05) is 28.2 Å². The SMILES string of the molecule is Cc1cccc(N(CC(=O)N(Cc2c(Cl)cccc2Cl)C(C)C(=O)NC2CCCCC2)S(C)(=O)=O)c1. The fraction of sp³-hybridized carbons (Fsp3) is 0.462. The van der Waals surface area contributed by atoms with E-state index >= 15 is 0 Å². The van der Waals surface area contributed by atoms with E-state index in [0.29, 0.717) is 21.3 Å². The maximum Gasteiger partial charge on any atom is 0.244 e. The number of aryl methyl sites for hydroxylation is 1. The normalized spacial score (nSPS) is 15.2. The molecule has 7 nitrogen and oxygen atoms in total. The first-order valence-corrected chi connectivity index (χ1v) is 14.6. The van der Waals surface area contributed by atoms with Gasteiger partial charge in [0.2, 0.25) is 21.8 Å². The summed E-state index contributed by atoms with van der Waals surface area (Å²) in [5.74, 6) is -0.830. The van der Waals surface area contributed by atoms with Crippen molar-refractivity contribution in [1.82, 2.24) is 10.2 Å². The summed E-state index contributed by atoms with van der Waals surface area (Å²) in [7, 11) is -3.79. The number of rotatable bonds is 9. The van der Waals surface area contributed by atoms with Crippen molar-refractivity contribution in [2.45, 2.75) is 64.6 Å². The van der Waals surface area contributed by atoms with Gasteiger partial charge < -0.3 is 10.2 Å². The highest BCUT2D eigenvalue weighted by Crippen LogP contribution is 2.27. The quantitative estimate of drug-likeness (QED) is 0.476. The first-order valence-electron chi connectivity index (χ1n) is 12.0. The minimum Gasteiger partial charge on any atom is -0.352 e. The molecule has 36 heavy (non-hydrogen) atoms. The molecule has 3 rings (SSSR count). The fourth-order valence-corrected chi connectivity index (χ4v) is 5.76. The molecule has 0 aromatic heterocycles. The topological polar surface area (TPSA) is 86.8 Å². The van der Waals surface area contributed by atoms with E-state index in [1.807, 2.05) is 13.0 Å². The van der Waals surface area contributed by atoms with Crippen molar-refractivity contribution in [3.05, 3.63) is 63.6 Å². The van der Waals surface area contributed by atoms with Crippen molar-refractivity contribution in [2.75, 3.05) is 17.1 Å². The van der Waals surface area contributed by atoms with E-state index in [2.05, 4.69) is 5.32 Å². The van der Waals surface area contributed by atoms with Crippen molar-refractivity contribution < 1.29 is 18.0 Å². The molecule has 1 N–H and O–H groups in total. The summed E-state index contributed by atoms with van der Waals surface area (Å²) in [6.45, 7) is 2.97. The molecule has 1 atom stereocenters. The Bertz CT molecular complexity index is 1180. The number of benzene rings is 2. The maximum atomic E-state index is 13.7. The van der Waals surface area contributed by atoms with Gasteiger partial charge in [-0.05, 0) is 56.5 Å². The van der Waals surface area contributed by atoms with Crippen LogP contribution in [-0.4, -0.2) is 50.0 Å². The highest BCUT2D eigenvalue weighted by atomic mass is 35.5. The summed E-state index contributed by atoms with van der Waals surface area (Å²) in [6, 6.07) is 11.1. The molecule has 1 aliphatic carbocycles. The van der Waals surface area contributed by atoms with Crippen molar-refractivity contribution >= 4 is 50.7 Å². The molecule has 1 fully saturated rings. The Morgan fingerprint density at radius 2 is 1.67 bits per heavy atom. The monoisotopic (exact) mass is 553 g/mol. The van der Waals surface area contributed by atoms with E-state index < -0.39 is 28.5 Å². The summed E-state index contributed by atoms with van der Waals surface area (Å²) in [6.07, 6.45) is 6.11. The van der Waals surface area contributed by atoms with E-state index in [-0.39, 0.29) is 18.5 Å². The zero-order valence-electron chi connectivity index (χ0n) is 20.8. The molecule has 0 aliphatic heterocycles. The average Bonchev–Trinajstić information content (AvgIpc) is 2.81. The number of sulfonamides is 1. The van der Waals surface area contributed by atoms with Crippen molar-refractivity contribution in [1.29, 1.82) is 0 Å². The molecule has 2 aromatic carbocycles. The molecular formula is C26H33Cl2N3O4S. The summed E-state index contributed by atoms with van der Waals surface area (Å²) >= 11 is 12.8. The van der Waals surface area contributed by atoms with Gasteiger partial charge in [-0.3, -0.25) is 13.9 Å². The molecule has 1 unspecified atom stereocenters. The molecule has 1 aliphatic rings. The third-order valence-corrected chi connectivity index (χ3v) is 8.33. The first-order chi connectivity index (χ1) is 17.0. The zero-order valence-corrected chi connectivity index (χ0v) is 23.2. The number of carbonyl (C=O) groups is 2. The van der Waals surface area contributed by atoms with Crippen molar-refractivity contribution in [3.63, 3.8) is 0 Å². The first kappa shape index (κ1) is 28.3. The molecule has 0 saturated heterocycles. The molecule has 0 spiro atoms. The van der Waals surface area contributed by atoms with Gasteiger partial charge in [0.15, 0.2) is 0 Å². The van der Waals surface area contributed by atoms with Crippen LogP contribution in [0.25, 0.3) is 0 Å². The van der Waals surface area contributed by atoms with E-state index in [1.54, 1.807) is 43.3 Å². The average molecular weight is 555 g/mol. The van der Waals surface area contributed by atoms with Crippen LogP contribution < -0.4 is 9.62 Å². The standard InChI is InChI=1S/C26H33Cl2N3O4S/c1-18-9-7-12-21(15-18)31(36(3,34)35)17-25(32)30(16-22-23(27)13-8-14-24(22)28)19(2)26(33)29-20-10-5-4-6-11-20/h7-9,12-15,19-20H,4-6,10-11,16-17H2,1-3H3,(H,29,33). The number of hydrogen-bond donors (Lipinski definition) is 1. The van der Waals surface area contributed by atoms with Crippen LogP contribution in [0.1, 0.15) is 50.2 Å². The third-order valence-electron chi connectivity index (χ3n) is 6.48. The van der Waals surface area contributed by atoms with Gasteiger partial charge in [0.1, 0.15) is 12.6 Å². The summed E-state index contributed by atoms with van der Waals surface area (Å²) in [4.78, 5) is 28.2. The number of halogens is 2. The number of hydrogen-bond acceptors (Lipinski definition) is 4. The second kappa shape index (κ2) is 12.3. The summed E-state index contributed by atoms with van der Waals surface area (Å²) in [5.41, 5.74) is 1.72. The largest absolute Gasteiger partial charge is 0.352 e. The maximum absolute atomic E-state index is 13.7. The molecule has 10 heteroatoms. The van der Waals surface area contributed by atoms with E-state index in [4.69, 9.17) is 23.2 Å². The number of nitrogens with zero attached hydrogens (tertiary/aromatic N) is 2. The minimum atomic E-state index is -3.79. The fourth-order valence-electron chi connectivity index (χ4n) is 4.40. The Morgan fingerprint density at radius 3 is 2.25 bits per heavy atom. The zero-order chi connectivity index (χ0) is 26.5. The van der Waals surface area contributed by atoms with Gasteiger partial charge in [0.25, 0.3) is 0 Å². The lowest BCUT2D eigenvalue weighted by atomic mass is 9.95. The number of amides is 2. The Hall–Kier alpha value is -2.29. The van der Waals surface area contributed by atoms with Gasteiger partial charge >= 0.3 is 0 Å². The predicted octanol–water partition coefficient (Wildman–Crippen LogP) is 4.93. The minimum absolute atomic E-state index is 0.0397. The van der Waals surface area contributed by atoms with E-state index in [9.17, 15) is 18.0 Å². The molecule has 0 bridgehead atoms. The summed E-state index contributed by atoms with van der Waals surface area (Å²) < 4.78 is 26.4. The smallest absolute Gasteiger partial charge is 0.244 e. The van der Waals surface area contributed by atoms with Crippen molar-refractivity contribution in [3.8, 4) is 0 Å². The van der Waals surface area contributed by atoms with Crippen LogP contribution in [0.3, 0.4) is 0 Å². The predicted molar refractivity (Wildman–Crippen MR) is 145 cm³/mol. The van der Waals surface area contributed by atoms with Crippen LogP contribution in [0.2, 0.25) is 10.0 Å². The Morgan fingerprint density at radius 1 is 1.06 bits per heavy atom. The molecule has 2 amide bonds. The summed E-state index contributed by atoms with van der Waals surface area (Å²) in [5, 5.41) is 3.78. The molecule has 0 radical (unpaired) electrons. The van der Waals surface area contributed by atoms with Gasteiger partial charge in [-0.25, -0.2) is 8.42 Å². The van der Waals surface area contributed by atoms with E-state index in [0.717, 1.165) is 48.2 Å². The van der Waals surface area contributed by atoms with Gasteiger partial charge in [-0.15, -0.1) is 0 Å². The second-order valence-electron chi connectivity index (χ2n) is 9.35. The number of carbonyl (C=O) groups excluding carboxylic acids is 2. The van der Waals surface area contributed by atoms with Gasteiger partial charge in [-0.1, -0.05) is 60.7 Å². The molecule has 0 heterocycles. The van der Waals surface area contributed by atoms with Crippen LogP contribution in [-0.2, 0) is 26.2 Å². The molecule has 2 aromatic rings. The number of nitrogens with one attached hydrogen (secondary N) is 1. The van der Waals surface area contributed by atoms with Crippen LogP contribution >= 0.6 is 23.2 Å². The van der Waals surface area contributed by atoms with Gasteiger partial charge in [-0.2, -0.15) is 0 Å². The Balaban J connectivity index is 1.91. The lowest BCUT2D eigenvalue weighted by Crippen LogP contribution is -2.53. The van der Waals surface area contributed by atoms with Crippen LogP contribution in [0, 0.1) is 6.92 Å². The number of anilines is 1. The van der Waals surface area contributed by atoms with Crippen molar-refractivity contribution in [2.24, 2.45) is 0 Å². The van der Waals surface area contributed by atoms with Gasteiger partial charge in [0.05, 0.1) is 11.9 Å². The Labute approximate surface area is 223 Å². The molecule has 1 saturated carbocycles. The second-order valence-corrected chi connectivity index (χ2v) is 12.1. The lowest BCUT2D eigenvalue weighted by molar-refractivity contribution is -0.139. The third kappa shape index (κ3) is 7.37. The highest BCUT2D eigenvalue weighted by molar-refractivity contribution is 7.92. The molecule has 196 valence electrons. The van der Waals surface area contributed by atoms with E-state index in [1.165, 1.54) is 4.90 Å². The highest BCUT2D eigenvalue weighted by Gasteiger charge is 2.32. The Kier molecular flexibility index (Phi) is 9.66. The molecular weight excluding hydrogens is 521 g/mol. The van der Waals surface area contributed by atoms with Crippen LogP contribution in [0.15, 0.2) is 42.5 Å².